The van der Waals surface area contributed by atoms with E-state index >= 15 is 0 Å². The molecule has 0 spiro atoms. The number of hydrogen-bond acceptors (Lipinski definition) is 3. The molecule has 0 aliphatic carbocycles. The largest absolute Gasteiger partial charge is 0.345 e. The van der Waals surface area contributed by atoms with Crippen LogP contribution < -0.4 is 9.80 Å². The molecule has 0 heterocycles. The number of nitro benzene ring substituents is 1. The summed E-state index contributed by atoms with van der Waals surface area (Å²) in [5.41, 5.74) is 10.1. The number of non-ortho nitro benzene ring substituents is 1. The van der Waals surface area contributed by atoms with Crippen molar-refractivity contribution >= 4 is 34.1 Å². The highest BCUT2D eigenvalue weighted by molar-refractivity contribution is 5.71. The second-order valence-corrected chi connectivity index (χ2v) is 10.1. The van der Waals surface area contributed by atoms with Gasteiger partial charge in [-0.3, -0.25) is 10.1 Å². The number of nitro groups is 1. The van der Waals surface area contributed by atoms with Crippen LogP contribution in [0.5, 0.6) is 0 Å². The molecule has 6 rings (SSSR count). The number of nitrogens with one attached hydrogen (secondary N) is 1. The minimum atomic E-state index is -0.383. The lowest BCUT2D eigenvalue weighted by molar-refractivity contribution is -0.681. The smallest absolute Gasteiger partial charge is 0.269 e. The van der Waals surface area contributed by atoms with Gasteiger partial charge in [-0.15, -0.1) is 0 Å². The van der Waals surface area contributed by atoms with E-state index in [4.69, 9.17) is 0 Å². The lowest BCUT2D eigenvalue weighted by Crippen LogP contribution is -2.96. The van der Waals surface area contributed by atoms with Gasteiger partial charge in [0.25, 0.3) is 5.69 Å². The molecule has 0 bridgehead atoms. The Kier molecular flexibility index (Phi) is 7.58. The van der Waals surface area contributed by atoms with Crippen LogP contribution in [0.25, 0.3) is 22.3 Å². The fourth-order valence-electron chi connectivity index (χ4n) is 5.24. The first-order valence-corrected chi connectivity index (χ1v) is 13.8. The van der Waals surface area contributed by atoms with Crippen molar-refractivity contribution in [3.8, 4) is 22.3 Å². The van der Waals surface area contributed by atoms with Crippen LogP contribution in [0.1, 0.15) is 0 Å². The van der Waals surface area contributed by atoms with Crippen LogP contribution in [-0.4, -0.2) is 12.0 Å². The minimum absolute atomic E-state index is 0.0857. The molecule has 5 nitrogen and oxygen atoms in total. The molecule has 1 N–H and O–H groups in total. The SMILES string of the molecule is CN(c1ccc(-c2ccc([NH+](c3ccccc3)c3cccc(-c4ccccc4)c3)cc2)cc1)c1ccc([N+](=O)[O-])cc1. The van der Waals surface area contributed by atoms with E-state index in [0.717, 1.165) is 28.2 Å². The van der Waals surface area contributed by atoms with E-state index in [1.165, 1.54) is 39.5 Å². The number of para-hydroxylation sites is 1. The molecule has 0 aromatic heterocycles. The third-order valence-corrected chi connectivity index (χ3v) is 7.53. The Hall–Kier alpha value is -5.52. The van der Waals surface area contributed by atoms with E-state index in [2.05, 4.69) is 121 Å². The van der Waals surface area contributed by atoms with Gasteiger partial charge < -0.3 is 4.90 Å². The number of nitrogens with zero attached hydrogens (tertiary/aromatic N) is 2. The summed E-state index contributed by atoms with van der Waals surface area (Å²) in [6.45, 7) is 0. The summed E-state index contributed by atoms with van der Waals surface area (Å²) in [6, 6.07) is 53.5. The molecule has 42 heavy (non-hydrogen) atoms. The Morgan fingerprint density at radius 2 is 0.952 bits per heavy atom. The number of quaternary nitrogens is 1. The third kappa shape index (κ3) is 5.68. The van der Waals surface area contributed by atoms with Crippen molar-refractivity contribution in [1.29, 1.82) is 0 Å². The van der Waals surface area contributed by atoms with Gasteiger partial charge in [0.15, 0.2) is 0 Å². The van der Waals surface area contributed by atoms with Gasteiger partial charge in [0.1, 0.15) is 17.1 Å². The maximum atomic E-state index is 11.0. The fourth-order valence-corrected chi connectivity index (χ4v) is 5.24. The first kappa shape index (κ1) is 26.7. The van der Waals surface area contributed by atoms with Gasteiger partial charge in [-0.1, -0.05) is 72.8 Å². The summed E-state index contributed by atoms with van der Waals surface area (Å²) in [6.07, 6.45) is 0. The van der Waals surface area contributed by atoms with Crippen molar-refractivity contribution in [2.45, 2.75) is 0 Å². The molecule has 1 atom stereocenters. The van der Waals surface area contributed by atoms with E-state index in [-0.39, 0.29) is 10.6 Å². The Morgan fingerprint density at radius 1 is 0.500 bits per heavy atom. The molecule has 0 amide bonds. The predicted octanol–water partition coefficient (Wildman–Crippen LogP) is 8.88. The van der Waals surface area contributed by atoms with Crippen LogP contribution in [0.4, 0.5) is 34.1 Å². The monoisotopic (exact) mass is 548 g/mol. The molecule has 6 aromatic carbocycles. The van der Waals surface area contributed by atoms with Crippen LogP contribution in [0.2, 0.25) is 0 Å². The van der Waals surface area contributed by atoms with Crippen molar-refractivity contribution < 1.29 is 9.82 Å². The molecule has 5 heteroatoms. The molecular formula is C37H30N3O2+. The zero-order valence-electron chi connectivity index (χ0n) is 23.2. The first-order valence-electron chi connectivity index (χ1n) is 13.8. The van der Waals surface area contributed by atoms with Gasteiger partial charge in [-0.05, 0) is 76.9 Å². The van der Waals surface area contributed by atoms with E-state index in [0.29, 0.717) is 0 Å². The maximum absolute atomic E-state index is 11.0. The highest BCUT2D eigenvalue weighted by atomic mass is 16.6. The highest BCUT2D eigenvalue weighted by Gasteiger charge is 2.19. The molecule has 0 fully saturated rings. The first-order chi connectivity index (χ1) is 20.6. The van der Waals surface area contributed by atoms with Crippen LogP contribution in [0.15, 0.2) is 158 Å². The summed E-state index contributed by atoms with van der Waals surface area (Å²) in [5.74, 6) is 0. The summed E-state index contributed by atoms with van der Waals surface area (Å²) >= 11 is 0. The van der Waals surface area contributed by atoms with Crippen LogP contribution in [0, 0.1) is 10.1 Å². The number of anilines is 2. The predicted molar refractivity (Wildman–Crippen MR) is 171 cm³/mol. The molecule has 0 saturated heterocycles. The minimum Gasteiger partial charge on any atom is -0.345 e. The van der Waals surface area contributed by atoms with Crippen molar-refractivity contribution in [2.75, 3.05) is 11.9 Å². The fraction of sp³-hybridized carbons (Fsp3) is 0.0270. The zero-order chi connectivity index (χ0) is 28.9. The van der Waals surface area contributed by atoms with Gasteiger partial charge in [-0.2, -0.15) is 0 Å². The van der Waals surface area contributed by atoms with Crippen LogP contribution in [-0.2, 0) is 0 Å². The molecule has 0 aliphatic heterocycles. The molecule has 0 aliphatic rings. The average Bonchev–Trinajstić information content (AvgIpc) is 3.06. The quantitative estimate of drug-likeness (QED) is 0.153. The van der Waals surface area contributed by atoms with Gasteiger partial charge >= 0.3 is 0 Å². The summed E-state index contributed by atoms with van der Waals surface area (Å²) < 4.78 is 0. The number of benzene rings is 6. The summed E-state index contributed by atoms with van der Waals surface area (Å²) in [5, 5.41) is 11.0. The second kappa shape index (κ2) is 11.9. The van der Waals surface area contributed by atoms with Gasteiger partial charge in [-0.25, -0.2) is 4.90 Å². The standard InChI is InChI=1S/C37H29N3O2/c1-38(33-23-25-36(26-24-33)40(41)42)32-19-15-29(16-20-32)30-17-21-35(22-18-30)39(34-12-6-3-7-13-34)37-14-8-11-31(27-37)28-9-4-2-5-10-28/h2-27H,1H3/p+1. The van der Waals surface area contributed by atoms with Crippen molar-refractivity contribution in [3.05, 3.63) is 168 Å². The Bertz CT molecular complexity index is 1790. The number of hydrogen-bond donors (Lipinski definition) is 1. The highest BCUT2D eigenvalue weighted by Crippen LogP contribution is 2.29. The maximum Gasteiger partial charge on any atom is 0.269 e. The molecule has 6 aromatic rings. The zero-order valence-corrected chi connectivity index (χ0v) is 23.2. The van der Waals surface area contributed by atoms with Gasteiger partial charge in [0.2, 0.25) is 0 Å². The van der Waals surface area contributed by atoms with Crippen molar-refractivity contribution in [3.63, 3.8) is 0 Å². The van der Waals surface area contributed by atoms with E-state index in [9.17, 15) is 10.1 Å². The Labute approximate surface area is 245 Å². The average molecular weight is 549 g/mol. The van der Waals surface area contributed by atoms with Crippen LogP contribution in [0.3, 0.4) is 0 Å². The van der Waals surface area contributed by atoms with Crippen molar-refractivity contribution in [2.24, 2.45) is 0 Å². The molecule has 0 saturated carbocycles. The molecular weight excluding hydrogens is 518 g/mol. The van der Waals surface area contributed by atoms with E-state index < -0.39 is 0 Å². The van der Waals surface area contributed by atoms with Crippen LogP contribution >= 0.6 is 0 Å². The molecule has 0 radical (unpaired) electrons. The van der Waals surface area contributed by atoms with E-state index in [1.54, 1.807) is 12.1 Å². The van der Waals surface area contributed by atoms with E-state index in [1.807, 2.05) is 24.1 Å². The summed E-state index contributed by atoms with van der Waals surface area (Å²) in [4.78, 5) is 13.8. The Balaban J connectivity index is 1.27. The lowest BCUT2D eigenvalue weighted by atomic mass is 10.0. The van der Waals surface area contributed by atoms with Gasteiger partial charge in [0.05, 0.1) is 4.92 Å². The molecule has 1 unspecified atom stereocenters. The van der Waals surface area contributed by atoms with Crippen molar-refractivity contribution in [1.82, 2.24) is 0 Å². The third-order valence-electron chi connectivity index (χ3n) is 7.53. The Morgan fingerprint density at radius 3 is 1.55 bits per heavy atom. The topological polar surface area (TPSA) is 50.8 Å². The van der Waals surface area contributed by atoms with Gasteiger partial charge in [0, 0.05) is 48.8 Å². The normalized spacial score (nSPS) is 11.5. The summed E-state index contributed by atoms with van der Waals surface area (Å²) in [7, 11) is 1.96. The lowest BCUT2D eigenvalue weighted by Gasteiger charge is -2.20. The second-order valence-electron chi connectivity index (χ2n) is 10.1. The molecule has 204 valence electrons. The number of rotatable bonds is 8.